The average molecular weight is 398 g/mol. The van der Waals surface area contributed by atoms with E-state index in [9.17, 15) is 4.79 Å². The highest BCUT2D eigenvalue weighted by Gasteiger charge is 2.21. The average Bonchev–Trinajstić information content (AvgIpc) is 2.98. The number of nitrogens with one attached hydrogen (secondary N) is 2. The van der Waals surface area contributed by atoms with Gasteiger partial charge in [0, 0.05) is 24.3 Å². The van der Waals surface area contributed by atoms with Crippen LogP contribution in [0.4, 0.5) is 10.5 Å². The van der Waals surface area contributed by atoms with Crippen molar-refractivity contribution in [3.8, 4) is 0 Å². The molecule has 2 amide bonds. The zero-order chi connectivity index (χ0) is 21.0. The van der Waals surface area contributed by atoms with E-state index >= 15 is 0 Å². The fourth-order valence-electron chi connectivity index (χ4n) is 3.90. The molecule has 1 aliphatic rings. The summed E-state index contributed by atoms with van der Waals surface area (Å²) < 4.78 is 5.63. The fraction of sp³-hybridized carbons (Fsp3) is 0.542. The van der Waals surface area contributed by atoms with Crippen LogP contribution >= 0.6 is 0 Å². The van der Waals surface area contributed by atoms with Crippen LogP contribution in [0.5, 0.6) is 0 Å². The van der Waals surface area contributed by atoms with Gasteiger partial charge in [0.1, 0.15) is 11.5 Å². The molecule has 1 aliphatic heterocycles. The first-order valence-electron chi connectivity index (χ1n) is 10.6. The Bertz CT molecular complexity index is 810. The lowest BCUT2D eigenvalue weighted by Crippen LogP contribution is -2.39. The van der Waals surface area contributed by atoms with E-state index in [1.54, 1.807) is 0 Å². The van der Waals surface area contributed by atoms with Gasteiger partial charge in [-0.2, -0.15) is 0 Å². The molecule has 29 heavy (non-hydrogen) atoms. The zero-order valence-corrected chi connectivity index (χ0v) is 18.5. The Morgan fingerprint density at radius 1 is 1.14 bits per heavy atom. The number of amides is 2. The third kappa shape index (κ3) is 6.10. The van der Waals surface area contributed by atoms with Crippen LogP contribution < -0.4 is 10.6 Å². The van der Waals surface area contributed by atoms with Gasteiger partial charge in [-0.05, 0) is 74.9 Å². The zero-order valence-electron chi connectivity index (χ0n) is 18.5. The van der Waals surface area contributed by atoms with Crippen molar-refractivity contribution in [2.45, 2.75) is 59.4 Å². The van der Waals surface area contributed by atoms with Gasteiger partial charge >= 0.3 is 6.03 Å². The Morgan fingerprint density at radius 3 is 2.34 bits per heavy atom. The lowest BCUT2D eigenvalue weighted by molar-refractivity contribution is 0.175. The molecule has 1 saturated heterocycles. The van der Waals surface area contributed by atoms with Crippen LogP contribution in [-0.4, -0.2) is 30.6 Å². The lowest BCUT2D eigenvalue weighted by atomic mass is 9.87. The Hall–Kier alpha value is -2.27. The first-order chi connectivity index (χ1) is 13.7. The summed E-state index contributed by atoms with van der Waals surface area (Å²) in [5.74, 6) is 2.54. The molecular weight excluding hydrogens is 362 g/mol. The number of hydrogen-bond acceptors (Lipinski definition) is 3. The summed E-state index contributed by atoms with van der Waals surface area (Å²) in [6.07, 6.45) is 2.22. The van der Waals surface area contributed by atoms with Crippen LogP contribution in [-0.2, 0) is 12.0 Å². The molecule has 5 nitrogen and oxygen atoms in total. The van der Waals surface area contributed by atoms with Crippen molar-refractivity contribution in [2.75, 3.05) is 25.0 Å². The van der Waals surface area contributed by atoms with Crippen molar-refractivity contribution in [2.24, 2.45) is 5.92 Å². The summed E-state index contributed by atoms with van der Waals surface area (Å²) in [6.45, 7) is 14.4. The summed E-state index contributed by atoms with van der Waals surface area (Å²) in [4.78, 5) is 14.7. The van der Waals surface area contributed by atoms with Gasteiger partial charge in [-0.15, -0.1) is 0 Å². The minimum atomic E-state index is -0.125. The monoisotopic (exact) mass is 397 g/mol. The van der Waals surface area contributed by atoms with Crippen LogP contribution in [0.2, 0.25) is 0 Å². The van der Waals surface area contributed by atoms with Gasteiger partial charge in [0.25, 0.3) is 0 Å². The second kappa shape index (κ2) is 9.04. The molecular formula is C24H35N3O2. The van der Waals surface area contributed by atoms with Gasteiger partial charge in [-0.25, -0.2) is 4.79 Å². The maximum absolute atomic E-state index is 12.2. The molecule has 158 valence electrons. The molecule has 1 aromatic heterocycles. The second-order valence-electron chi connectivity index (χ2n) is 9.32. The van der Waals surface area contributed by atoms with Crippen LogP contribution in [0.15, 0.2) is 34.7 Å². The van der Waals surface area contributed by atoms with Crippen molar-refractivity contribution >= 4 is 11.7 Å². The smallest absolute Gasteiger partial charge is 0.319 e. The molecule has 0 spiro atoms. The summed E-state index contributed by atoms with van der Waals surface area (Å²) in [5.41, 5.74) is 3.49. The first-order valence-corrected chi connectivity index (χ1v) is 10.6. The molecule has 2 heterocycles. The standard InChI is InChI=1S/C24H35N3O2/c1-17-14-20(18(2)29-17)16-27-12-10-19(11-13-27)15-25-23(28)26-22-8-6-21(7-9-22)24(3,4)5/h6-9,14,19H,10-13,15-16H2,1-5H3,(H2,25,26,28). The molecule has 0 bridgehead atoms. The highest BCUT2D eigenvalue weighted by molar-refractivity contribution is 5.89. The Morgan fingerprint density at radius 2 is 1.79 bits per heavy atom. The normalized spacial score (nSPS) is 16.0. The number of urea groups is 1. The van der Waals surface area contributed by atoms with E-state index in [1.165, 1.54) is 11.1 Å². The van der Waals surface area contributed by atoms with Gasteiger partial charge in [-0.1, -0.05) is 32.9 Å². The first kappa shape index (κ1) is 21.4. The molecule has 2 N–H and O–H groups in total. The Labute approximate surface area is 174 Å². The molecule has 0 saturated carbocycles. The molecule has 1 fully saturated rings. The van der Waals surface area contributed by atoms with Crippen molar-refractivity contribution in [1.29, 1.82) is 0 Å². The summed E-state index contributed by atoms with van der Waals surface area (Å²) in [7, 11) is 0. The third-order valence-corrected chi connectivity index (χ3v) is 5.80. The molecule has 3 rings (SSSR count). The maximum atomic E-state index is 12.2. The number of hydrogen-bond donors (Lipinski definition) is 2. The summed E-state index contributed by atoms with van der Waals surface area (Å²) >= 11 is 0. The summed E-state index contributed by atoms with van der Waals surface area (Å²) in [5, 5.41) is 5.98. The Balaban J connectivity index is 1.38. The Kier molecular flexibility index (Phi) is 6.68. The number of benzene rings is 1. The topological polar surface area (TPSA) is 57.5 Å². The largest absolute Gasteiger partial charge is 0.466 e. The van der Waals surface area contributed by atoms with Gasteiger partial charge in [0.2, 0.25) is 0 Å². The van der Waals surface area contributed by atoms with E-state index in [4.69, 9.17) is 4.42 Å². The summed E-state index contributed by atoms with van der Waals surface area (Å²) in [6, 6.07) is 10.1. The number of piperidine rings is 1. The van der Waals surface area contributed by atoms with Crippen LogP contribution in [0.3, 0.4) is 0 Å². The number of rotatable bonds is 5. The number of furan rings is 1. The highest BCUT2D eigenvalue weighted by Crippen LogP contribution is 2.24. The molecule has 0 unspecified atom stereocenters. The van der Waals surface area contributed by atoms with Crippen LogP contribution in [0, 0.1) is 19.8 Å². The highest BCUT2D eigenvalue weighted by atomic mass is 16.3. The molecule has 0 atom stereocenters. The predicted octanol–water partition coefficient (Wildman–Crippen LogP) is 5.23. The fourth-order valence-corrected chi connectivity index (χ4v) is 3.90. The van der Waals surface area contributed by atoms with E-state index in [0.717, 1.165) is 56.2 Å². The second-order valence-corrected chi connectivity index (χ2v) is 9.32. The minimum absolute atomic E-state index is 0.116. The van der Waals surface area contributed by atoms with E-state index in [1.807, 2.05) is 26.0 Å². The van der Waals surface area contributed by atoms with E-state index in [0.29, 0.717) is 5.92 Å². The van der Waals surface area contributed by atoms with Crippen molar-refractivity contribution in [3.63, 3.8) is 0 Å². The SMILES string of the molecule is Cc1cc(CN2CCC(CNC(=O)Nc3ccc(C(C)(C)C)cc3)CC2)c(C)o1. The molecule has 0 aliphatic carbocycles. The lowest BCUT2D eigenvalue weighted by Gasteiger charge is -2.31. The number of aryl methyl sites for hydroxylation is 2. The molecule has 2 aromatic rings. The van der Waals surface area contributed by atoms with Gasteiger partial charge < -0.3 is 15.1 Å². The molecule has 5 heteroatoms. The van der Waals surface area contributed by atoms with Crippen LogP contribution in [0.25, 0.3) is 0 Å². The van der Waals surface area contributed by atoms with Crippen LogP contribution in [0.1, 0.15) is 56.3 Å². The van der Waals surface area contributed by atoms with Crippen molar-refractivity contribution < 1.29 is 9.21 Å². The van der Waals surface area contributed by atoms with Gasteiger partial charge in [0.15, 0.2) is 0 Å². The van der Waals surface area contributed by atoms with Crippen molar-refractivity contribution in [3.05, 3.63) is 53.0 Å². The quantitative estimate of drug-likeness (QED) is 0.726. The molecule has 1 aromatic carbocycles. The number of anilines is 1. The maximum Gasteiger partial charge on any atom is 0.319 e. The minimum Gasteiger partial charge on any atom is -0.466 e. The number of nitrogens with zero attached hydrogens (tertiary/aromatic N) is 1. The number of carbonyl (C=O) groups is 1. The van der Waals surface area contributed by atoms with E-state index in [-0.39, 0.29) is 11.4 Å². The number of likely N-dealkylation sites (tertiary alicyclic amines) is 1. The van der Waals surface area contributed by atoms with Gasteiger partial charge in [0.05, 0.1) is 0 Å². The predicted molar refractivity (Wildman–Crippen MR) is 118 cm³/mol. The van der Waals surface area contributed by atoms with Gasteiger partial charge in [-0.3, -0.25) is 4.90 Å². The molecule has 0 radical (unpaired) electrons. The van der Waals surface area contributed by atoms with E-state index < -0.39 is 0 Å². The van der Waals surface area contributed by atoms with E-state index in [2.05, 4.69) is 54.5 Å². The third-order valence-electron chi connectivity index (χ3n) is 5.80. The number of carbonyl (C=O) groups excluding carboxylic acids is 1. The van der Waals surface area contributed by atoms with Crippen molar-refractivity contribution in [1.82, 2.24) is 10.2 Å².